The molecule has 2 amide bonds. The smallest absolute Gasteiger partial charge is 0.282 e. The van der Waals surface area contributed by atoms with E-state index >= 15 is 0 Å². The van der Waals surface area contributed by atoms with Crippen LogP contribution in [0.3, 0.4) is 0 Å². The maximum Gasteiger partial charge on any atom is 0.282 e. The van der Waals surface area contributed by atoms with E-state index in [0.717, 1.165) is 37.2 Å². The standard InChI is InChI=1S/C26H30N2O3/c1-4-14-31-22-12-10-20(11-13-22)23-24(27-16-18(2)15-19(3)17-27)26(30)28(25(23)29)21-8-6-5-7-9-21/h5-13,18-19H,4,14-17H2,1-3H3. The first-order valence-corrected chi connectivity index (χ1v) is 11.2. The van der Waals surface area contributed by atoms with Crippen molar-refractivity contribution in [2.24, 2.45) is 11.8 Å². The minimum absolute atomic E-state index is 0.237. The van der Waals surface area contributed by atoms with Crippen molar-refractivity contribution in [3.05, 3.63) is 65.9 Å². The van der Waals surface area contributed by atoms with Crippen LogP contribution >= 0.6 is 0 Å². The summed E-state index contributed by atoms with van der Waals surface area (Å²) < 4.78 is 5.69. The molecule has 31 heavy (non-hydrogen) atoms. The average molecular weight is 419 g/mol. The number of hydrogen-bond donors (Lipinski definition) is 0. The fraction of sp³-hybridized carbons (Fsp3) is 0.385. The lowest BCUT2D eigenvalue weighted by atomic mass is 9.91. The monoisotopic (exact) mass is 418 g/mol. The Kier molecular flexibility index (Phi) is 6.12. The quantitative estimate of drug-likeness (QED) is 0.636. The molecule has 1 saturated heterocycles. The van der Waals surface area contributed by atoms with E-state index in [1.54, 1.807) is 12.1 Å². The van der Waals surface area contributed by atoms with Gasteiger partial charge in [-0.25, -0.2) is 4.90 Å². The molecule has 1 fully saturated rings. The van der Waals surface area contributed by atoms with Gasteiger partial charge in [-0.2, -0.15) is 0 Å². The van der Waals surface area contributed by atoms with Crippen LogP contribution in [0.1, 0.15) is 39.2 Å². The van der Waals surface area contributed by atoms with Gasteiger partial charge in [0.2, 0.25) is 0 Å². The van der Waals surface area contributed by atoms with E-state index in [4.69, 9.17) is 4.74 Å². The van der Waals surface area contributed by atoms with Crippen LogP contribution in [0.4, 0.5) is 5.69 Å². The summed E-state index contributed by atoms with van der Waals surface area (Å²) in [5, 5.41) is 0. The molecule has 0 saturated carbocycles. The van der Waals surface area contributed by atoms with Gasteiger partial charge in [0.1, 0.15) is 11.4 Å². The summed E-state index contributed by atoms with van der Waals surface area (Å²) in [5.74, 6) is 1.20. The topological polar surface area (TPSA) is 49.9 Å². The highest BCUT2D eigenvalue weighted by Gasteiger charge is 2.43. The van der Waals surface area contributed by atoms with Gasteiger partial charge in [-0.05, 0) is 54.5 Å². The second-order valence-corrected chi connectivity index (χ2v) is 8.73. The third-order valence-electron chi connectivity index (χ3n) is 5.87. The normalized spacial score (nSPS) is 21.8. The molecule has 4 rings (SSSR count). The number of imide groups is 1. The number of amides is 2. The van der Waals surface area contributed by atoms with Gasteiger partial charge in [0, 0.05) is 13.1 Å². The molecule has 0 N–H and O–H groups in total. The van der Waals surface area contributed by atoms with Gasteiger partial charge in [-0.15, -0.1) is 0 Å². The van der Waals surface area contributed by atoms with E-state index in [1.807, 2.05) is 42.5 Å². The molecule has 2 aliphatic rings. The zero-order valence-corrected chi connectivity index (χ0v) is 18.5. The summed E-state index contributed by atoms with van der Waals surface area (Å²) >= 11 is 0. The Morgan fingerprint density at radius 3 is 2.16 bits per heavy atom. The van der Waals surface area contributed by atoms with E-state index in [1.165, 1.54) is 4.90 Å². The molecular formula is C26H30N2O3. The number of benzene rings is 2. The number of carbonyl (C=O) groups excluding carboxylic acids is 2. The molecule has 0 aliphatic carbocycles. The van der Waals surface area contributed by atoms with E-state index in [2.05, 4.69) is 25.7 Å². The van der Waals surface area contributed by atoms with Gasteiger partial charge in [-0.1, -0.05) is 51.1 Å². The van der Waals surface area contributed by atoms with E-state index in [9.17, 15) is 9.59 Å². The molecule has 2 aliphatic heterocycles. The lowest BCUT2D eigenvalue weighted by Crippen LogP contribution is -2.41. The summed E-state index contributed by atoms with van der Waals surface area (Å²) in [5.41, 5.74) is 2.36. The van der Waals surface area contributed by atoms with Crippen molar-refractivity contribution >= 4 is 23.1 Å². The molecule has 0 aromatic heterocycles. The third-order valence-corrected chi connectivity index (χ3v) is 5.87. The number of hydrogen-bond acceptors (Lipinski definition) is 4. The number of ether oxygens (including phenoxy) is 1. The lowest BCUT2D eigenvalue weighted by Gasteiger charge is -2.37. The number of rotatable bonds is 6. The van der Waals surface area contributed by atoms with Crippen molar-refractivity contribution in [3.63, 3.8) is 0 Å². The Morgan fingerprint density at radius 2 is 1.55 bits per heavy atom. The number of anilines is 1. The van der Waals surface area contributed by atoms with Crippen LogP contribution in [-0.4, -0.2) is 36.4 Å². The van der Waals surface area contributed by atoms with Gasteiger partial charge in [-0.3, -0.25) is 9.59 Å². The summed E-state index contributed by atoms with van der Waals surface area (Å²) in [7, 11) is 0. The van der Waals surface area contributed by atoms with Crippen molar-refractivity contribution in [1.82, 2.24) is 4.90 Å². The molecule has 162 valence electrons. The SMILES string of the molecule is CCCOc1ccc(C2=C(N3CC(C)CC(C)C3)C(=O)N(c3ccccc3)C2=O)cc1. The van der Waals surface area contributed by atoms with Crippen molar-refractivity contribution < 1.29 is 14.3 Å². The molecular weight excluding hydrogens is 388 g/mol. The summed E-state index contributed by atoms with van der Waals surface area (Å²) in [4.78, 5) is 30.6. The molecule has 2 heterocycles. The van der Waals surface area contributed by atoms with E-state index in [-0.39, 0.29) is 11.8 Å². The Labute approximate surface area is 184 Å². The average Bonchev–Trinajstić information content (AvgIpc) is 3.02. The van der Waals surface area contributed by atoms with Gasteiger partial charge in [0.25, 0.3) is 11.8 Å². The minimum Gasteiger partial charge on any atom is -0.494 e. The second-order valence-electron chi connectivity index (χ2n) is 8.73. The Hall–Kier alpha value is -3.08. The fourth-order valence-corrected chi connectivity index (χ4v) is 4.67. The highest BCUT2D eigenvalue weighted by Crippen LogP contribution is 2.37. The maximum absolute atomic E-state index is 13.6. The zero-order valence-electron chi connectivity index (χ0n) is 18.5. The van der Waals surface area contributed by atoms with Gasteiger partial charge in [0.05, 0.1) is 17.9 Å². The van der Waals surface area contributed by atoms with Gasteiger partial charge >= 0.3 is 0 Å². The Bertz CT molecular complexity index is 971. The molecule has 2 aromatic rings. The summed E-state index contributed by atoms with van der Waals surface area (Å²) in [6.07, 6.45) is 2.06. The largest absolute Gasteiger partial charge is 0.494 e. The van der Waals surface area contributed by atoms with Gasteiger partial charge < -0.3 is 9.64 Å². The van der Waals surface area contributed by atoms with Crippen LogP contribution in [0.25, 0.3) is 5.57 Å². The first kappa shape index (κ1) is 21.2. The fourth-order valence-electron chi connectivity index (χ4n) is 4.67. The van der Waals surface area contributed by atoms with Crippen molar-refractivity contribution in [3.8, 4) is 5.75 Å². The highest BCUT2D eigenvalue weighted by molar-refractivity contribution is 6.45. The van der Waals surface area contributed by atoms with Crippen molar-refractivity contribution in [2.45, 2.75) is 33.6 Å². The van der Waals surface area contributed by atoms with Crippen LogP contribution in [0.15, 0.2) is 60.3 Å². The predicted molar refractivity (Wildman–Crippen MR) is 123 cm³/mol. The number of nitrogens with zero attached hydrogens (tertiary/aromatic N) is 2. The first-order chi connectivity index (χ1) is 15.0. The third kappa shape index (κ3) is 4.22. The molecule has 2 unspecified atom stereocenters. The first-order valence-electron chi connectivity index (χ1n) is 11.2. The van der Waals surface area contributed by atoms with Crippen molar-refractivity contribution in [1.29, 1.82) is 0 Å². The van der Waals surface area contributed by atoms with E-state index < -0.39 is 0 Å². The number of likely N-dealkylation sites (tertiary alicyclic amines) is 1. The minimum atomic E-state index is -0.265. The van der Waals surface area contributed by atoms with Crippen LogP contribution in [0.5, 0.6) is 5.75 Å². The summed E-state index contributed by atoms with van der Waals surface area (Å²) in [6.45, 7) is 8.69. The van der Waals surface area contributed by atoms with Crippen LogP contribution in [-0.2, 0) is 9.59 Å². The molecule has 0 spiro atoms. The molecule has 0 bridgehead atoms. The maximum atomic E-state index is 13.6. The predicted octanol–water partition coefficient (Wildman–Crippen LogP) is 4.74. The summed E-state index contributed by atoms with van der Waals surface area (Å²) in [6, 6.07) is 16.7. The van der Waals surface area contributed by atoms with Crippen LogP contribution < -0.4 is 9.64 Å². The molecule has 0 radical (unpaired) electrons. The van der Waals surface area contributed by atoms with Crippen molar-refractivity contribution in [2.75, 3.05) is 24.6 Å². The lowest BCUT2D eigenvalue weighted by molar-refractivity contribution is -0.120. The number of piperidine rings is 1. The van der Waals surface area contributed by atoms with Gasteiger partial charge in [0.15, 0.2) is 0 Å². The Morgan fingerprint density at radius 1 is 0.903 bits per heavy atom. The Balaban J connectivity index is 1.76. The molecule has 2 atom stereocenters. The highest BCUT2D eigenvalue weighted by atomic mass is 16.5. The molecule has 5 heteroatoms. The number of para-hydroxylation sites is 1. The number of carbonyl (C=O) groups is 2. The van der Waals surface area contributed by atoms with Crippen LogP contribution in [0.2, 0.25) is 0 Å². The molecule has 5 nitrogen and oxygen atoms in total. The molecule has 2 aromatic carbocycles. The second kappa shape index (κ2) is 8.96. The van der Waals surface area contributed by atoms with Crippen LogP contribution in [0, 0.1) is 11.8 Å². The van der Waals surface area contributed by atoms with E-state index in [0.29, 0.717) is 35.4 Å². The zero-order chi connectivity index (χ0) is 22.0.